The minimum Gasteiger partial charge on any atom is -0.351 e. The zero-order chi connectivity index (χ0) is 19.3. The van der Waals surface area contributed by atoms with Gasteiger partial charge in [-0.3, -0.25) is 4.79 Å². The van der Waals surface area contributed by atoms with Crippen molar-refractivity contribution in [1.82, 2.24) is 20.1 Å². The number of aromatic nitrogens is 3. The van der Waals surface area contributed by atoms with Gasteiger partial charge in [0.15, 0.2) is 0 Å². The molecule has 0 saturated heterocycles. The van der Waals surface area contributed by atoms with E-state index in [2.05, 4.69) is 21.6 Å². The van der Waals surface area contributed by atoms with Crippen molar-refractivity contribution in [2.75, 3.05) is 6.54 Å². The second kappa shape index (κ2) is 8.50. The summed E-state index contributed by atoms with van der Waals surface area (Å²) in [5, 5.41) is 10.5. The van der Waals surface area contributed by atoms with Crippen LogP contribution in [0.5, 0.6) is 0 Å². The lowest BCUT2D eigenvalue weighted by Crippen LogP contribution is -2.23. The van der Waals surface area contributed by atoms with Gasteiger partial charge in [0.25, 0.3) is 5.91 Å². The smallest absolute Gasteiger partial charge is 0.263 e. The van der Waals surface area contributed by atoms with E-state index < -0.39 is 0 Å². The zero-order valence-corrected chi connectivity index (χ0v) is 17.1. The average molecular weight is 409 g/mol. The SMILES string of the molecule is Cc1nn(-c2ccccc2)cc1CCCNC(=O)c1cnc(-c2cccs2)s1. The molecule has 5 nitrogen and oxygen atoms in total. The lowest BCUT2D eigenvalue weighted by molar-refractivity contribution is 0.0957. The Kier molecular flexibility index (Phi) is 5.64. The van der Waals surface area contributed by atoms with Crippen molar-refractivity contribution in [3.63, 3.8) is 0 Å². The highest BCUT2D eigenvalue weighted by molar-refractivity contribution is 7.21. The standard InChI is InChI=1S/C21H20N4OS2/c1-15-16(14-25(24-15)17-8-3-2-4-9-17)7-5-11-22-20(26)19-13-23-21(28-19)18-10-6-12-27-18/h2-4,6,8-10,12-14H,5,7,11H2,1H3,(H,22,26). The number of para-hydroxylation sites is 1. The van der Waals surface area contributed by atoms with Gasteiger partial charge in [0.05, 0.1) is 22.5 Å². The Balaban J connectivity index is 1.29. The normalized spacial score (nSPS) is 10.9. The molecule has 0 aliphatic rings. The summed E-state index contributed by atoms with van der Waals surface area (Å²) in [5.74, 6) is -0.0583. The van der Waals surface area contributed by atoms with Crippen LogP contribution in [0, 0.1) is 6.92 Å². The molecule has 0 fully saturated rings. The monoisotopic (exact) mass is 408 g/mol. The number of carbonyl (C=O) groups is 1. The number of amides is 1. The van der Waals surface area contributed by atoms with E-state index in [0.29, 0.717) is 11.4 Å². The number of nitrogens with zero attached hydrogens (tertiary/aromatic N) is 3. The van der Waals surface area contributed by atoms with Gasteiger partial charge in [0.2, 0.25) is 0 Å². The lowest BCUT2D eigenvalue weighted by Gasteiger charge is -2.03. The van der Waals surface area contributed by atoms with Crippen LogP contribution in [0.3, 0.4) is 0 Å². The molecule has 0 radical (unpaired) electrons. The molecule has 142 valence electrons. The summed E-state index contributed by atoms with van der Waals surface area (Å²) >= 11 is 3.06. The molecule has 1 amide bonds. The largest absolute Gasteiger partial charge is 0.351 e. The Morgan fingerprint density at radius 2 is 2.04 bits per heavy atom. The first kappa shape index (κ1) is 18.6. The first-order chi connectivity index (χ1) is 13.7. The summed E-state index contributed by atoms with van der Waals surface area (Å²) in [4.78, 5) is 18.4. The quantitative estimate of drug-likeness (QED) is 0.450. The van der Waals surface area contributed by atoms with Gasteiger partial charge in [-0.25, -0.2) is 9.67 Å². The molecule has 0 spiro atoms. The predicted octanol–water partition coefficient (Wildman–Crippen LogP) is 4.73. The Hall–Kier alpha value is -2.77. The molecule has 0 saturated carbocycles. The third kappa shape index (κ3) is 4.21. The molecule has 3 aromatic heterocycles. The molecular weight excluding hydrogens is 388 g/mol. The summed E-state index contributed by atoms with van der Waals surface area (Å²) in [6.07, 6.45) is 5.47. The highest BCUT2D eigenvalue weighted by Crippen LogP contribution is 2.28. The van der Waals surface area contributed by atoms with Gasteiger partial charge >= 0.3 is 0 Å². The fourth-order valence-corrected chi connectivity index (χ4v) is 4.55. The average Bonchev–Trinajstić information content (AvgIpc) is 3.46. The van der Waals surface area contributed by atoms with Crippen LogP contribution in [-0.2, 0) is 6.42 Å². The number of benzene rings is 1. The molecule has 4 aromatic rings. The summed E-state index contributed by atoms with van der Waals surface area (Å²) in [7, 11) is 0. The van der Waals surface area contributed by atoms with E-state index in [-0.39, 0.29) is 5.91 Å². The summed E-state index contributed by atoms with van der Waals surface area (Å²) < 4.78 is 1.91. The van der Waals surface area contributed by atoms with Crippen molar-refractivity contribution < 1.29 is 4.79 Å². The van der Waals surface area contributed by atoms with E-state index >= 15 is 0 Å². The van der Waals surface area contributed by atoms with Crippen molar-refractivity contribution in [1.29, 1.82) is 0 Å². The molecule has 28 heavy (non-hydrogen) atoms. The Labute approximate surface area is 171 Å². The predicted molar refractivity (Wildman–Crippen MR) is 114 cm³/mol. The van der Waals surface area contributed by atoms with E-state index in [1.165, 1.54) is 16.9 Å². The highest BCUT2D eigenvalue weighted by atomic mass is 32.1. The van der Waals surface area contributed by atoms with Crippen LogP contribution in [0.4, 0.5) is 0 Å². The van der Waals surface area contributed by atoms with E-state index in [1.54, 1.807) is 17.5 Å². The Morgan fingerprint density at radius 3 is 2.82 bits per heavy atom. The van der Waals surface area contributed by atoms with Crippen LogP contribution in [0.2, 0.25) is 0 Å². The summed E-state index contributed by atoms with van der Waals surface area (Å²) in [5.41, 5.74) is 3.28. The van der Waals surface area contributed by atoms with Gasteiger partial charge in [-0.2, -0.15) is 5.10 Å². The number of carbonyl (C=O) groups excluding carboxylic acids is 1. The van der Waals surface area contributed by atoms with Crippen molar-refractivity contribution in [2.45, 2.75) is 19.8 Å². The van der Waals surface area contributed by atoms with Crippen LogP contribution in [0.15, 0.2) is 60.2 Å². The van der Waals surface area contributed by atoms with Gasteiger partial charge in [-0.1, -0.05) is 24.3 Å². The second-order valence-electron chi connectivity index (χ2n) is 6.39. The molecule has 0 aliphatic carbocycles. The summed E-state index contributed by atoms with van der Waals surface area (Å²) in [6.45, 7) is 2.65. The minimum atomic E-state index is -0.0583. The number of nitrogens with one attached hydrogen (secondary N) is 1. The number of thiazole rings is 1. The van der Waals surface area contributed by atoms with Crippen molar-refractivity contribution in [3.05, 3.63) is 76.4 Å². The van der Waals surface area contributed by atoms with Crippen LogP contribution < -0.4 is 5.32 Å². The van der Waals surface area contributed by atoms with E-state index in [4.69, 9.17) is 0 Å². The molecule has 1 N–H and O–H groups in total. The molecule has 0 atom stereocenters. The van der Waals surface area contributed by atoms with Gasteiger partial charge in [-0.05, 0) is 48.9 Å². The molecule has 4 rings (SSSR count). The molecule has 1 aromatic carbocycles. The van der Waals surface area contributed by atoms with Crippen LogP contribution >= 0.6 is 22.7 Å². The van der Waals surface area contributed by atoms with Gasteiger partial charge in [0, 0.05) is 12.7 Å². The Morgan fingerprint density at radius 1 is 1.18 bits per heavy atom. The molecule has 7 heteroatoms. The topological polar surface area (TPSA) is 59.8 Å². The maximum absolute atomic E-state index is 12.3. The fraction of sp³-hybridized carbons (Fsp3) is 0.190. The van der Waals surface area contributed by atoms with Crippen molar-refractivity contribution in [2.24, 2.45) is 0 Å². The van der Waals surface area contributed by atoms with E-state index in [9.17, 15) is 4.79 Å². The number of thiophene rings is 1. The maximum Gasteiger partial charge on any atom is 0.263 e. The van der Waals surface area contributed by atoms with Crippen LogP contribution in [-0.4, -0.2) is 27.2 Å². The fourth-order valence-electron chi connectivity index (χ4n) is 2.92. The first-order valence-electron chi connectivity index (χ1n) is 9.09. The number of hydrogen-bond donors (Lipinski definition) is 1. The number of rotatable bonds is 7. The third-order valence-corrected chi connectivity index (χ3v) is 6.43. The number of aryl methyl sites for hydroxylation is 2. The van der Waals surface area contributed by atoms with E-state index in [1.807, 2.05) is 59.5 Å². The zero-order valence-electron chi connectivity index (χ0n) is 15.5. The molecule has 0 bridgehead atoms. The van der Waals surface area contributed by atoms with Gasteiger partial charge in [-0.15, -0.1) is 22.7 Å². The second-order valence-corrected chi connectivity index (χ2v) is 8.36. The van der Waals surface area contributed by atoms with Crippen LogP contribution in [0.25, 0.3) is 15.6 Å². The maximum atomic E-state index is 12.3. The van der Waals surface area contributed by atoms with Crippen LogP contribution in [0.1, 0.15) is 27.3 Å². The summed E-state index contributed by atoms with van der Waals surface area (Å²) in [6, 6.07) is 14.1. The molecule has 0 unspecified atom stereocenters. The molecular formula is C21H20N4OS2. The van der Waals surface area contributed by atoms with E-state index in [0.717, 1.165) is 34.1 Å². The highest BCUT2D eigenvalue weighted by Gasteiger charge is 2.12. The molecule has 0 aliphatic heterocycles. The van der Waals surface area contributed by atoms with Gasteiger partial charge in [0.1, 0.15) is 9.88 Å². The van der Waals surface area contributed by atoms with Crippen molar-refractivity contribution >= 4 is 28.6 Å². The Bertz CT molecular complexity index is 1050. The minimum absolute atomic E-state index is 0.0583. The van der Waals surface area contributed by atoms with Crippen molar-refractivity contribution in [3.8, 4) is 15.6 Å². The number of hydrogen-bond acceptors (Lipinski definition) is 5. The van der Waals surface area contributed by atoms with Gasteiger partial charge < -0.3 is 5.32 Å². The third-order valence-electron chi connectivity index (χ3n) is 4.39. The first-order valence-corrected chi connectivity index (χ1v) is 10.8. The molecule has 3 heterocycles. The lowest BCUT2D eigenvalue weighted by atomic mass is 10.1.